The van der Waals surface area contributed by atoms with Crippen molar-refractivity contribution in [2.75, 3.05) is 33.7 Å². The average Bonchev–Trinajstić information content (AvgIpc) is 2.58. The Labute approximate surface area is 139 Å². The molecule has 1 spiro atoms. The van der Waals surface area contributed by atoms with Crippen LogP contribution in [0.25, 0.3) is 0 Å². The summed E-state index contributed by atoms with van der Waals surface area (Å²) in [4.78, 5) is 16.5. The van der Waals surface area contributed by atoms with Gasteiger partial charge < -0.3 is 5.32 Å². The molecule has 0 bridgehead atoms. The molecule has 2 fully saturated rings. The molecule has 0 unspecified atom stereocenters. The lowest BCUT2D eigenvalue weighted by atomic mass is 9.67. The minimum atomic E-state index is 0.118. The van der Waals surface area contributed by atoms with Crippen LogP contribution < -0.4 is 5.32 Å². The van der Waals surface area contributed by atoms with Gasteiger partial charge in [-0.2, -0.15) is 0 Å². The van der Waals surface area contributed by atoms with Gasteiger partial charge in [-0.15, -0.1) is 0 Å². The van der Waals surface area contributed by atoms with Gasteiger partial charge in [0.15, 0.2) is 0 Å². The molecule has 1 aliphatic carbocycles. The summed E-state index contributed by atoms with van der Waals surface area (Å²) in [7, 11) is 4.40. The number of amides is 1. The highest BCUT2D eigenvalue weighted by molar-refractivity contribution is 5.79. The zero-order valence-electron chi connectivity index (χ0n) is 14.6. The first-order valence-electron chi connectivity index (χ1n) is 8.77. The zero-order chi connectivity index (χ0) is 16.5. The van der Waals surface area contributed by atoms with Crippen molar-refractivity contribution in [2.45, 2.75) is 43.7 Å². The summed E-state index contributed by atoms with van der Waals surface area (Å²) in [5.74, 6) is 0.171. The van der Waals surface area contributed by atoms with Crippen molar-refractivity contribution in [2.24, 2.45) is 0 Å². The van der Waals surface area contributed by atoms with Crippen LogP contribution in [0.1, 0.15) is 38.2 Å². The molecule has 1 aromatic rings. The van der Waals surface area contributed by atoms with Gasteiger partial charge in [0.25, 0.3) is 0 Å². The standard InChI is InChI=1S/C19H29N3O/c1-4-22-14-17(23)20-15-18(22)10-12-19(13-11-18,21(2)3)16-8-6-5-7-9-16/h5-9H,4,10-15H2,1-3H3,(H,20,23)/t18-,19+. The van der Waals surface area contributed by atoms with Gasteiger partial charge >= 0.3 is 0 Å². The largest absolute Gasteiger partial charge is 0.353 e. The predicted molar refractivity (Wildman–Crippen MR) is 93.3 cm³/mol. The molecular weight excluding hydrogens is 286 g/mol. The van der Waals surface area contributed by atoms with Gasteiger partial charge in [0.2, 0.25) is 5.91 Å². The van der Waals surface area contributed by atoms with Crippen molar-refractivity contribution in [1.82, 2.24) is 15.1 Å². The molecule has 1 aliphatic heterocycles. The SMILES string of the molecule is CCN1CC(=O)NC[C@]12CC[C@](c1ccccc1)(N(C)C)CC2. The third-order valence-corrected chi connectivity index (χ3v) is 6.18. The molecule has 3 rings (SSSR count). The van der Waals surface area contributed by atoms with Gasteiger partial charge in [0.1, 0.15) is 0 Å². The second kappa shape index (κ2) is 6.25. The van der Waals surface area contributed by atoms with Crippen molar-refractivity contribution in [3.05, 3.63) is 35.9 Å². The minimum Gasteiger partial charge on any atom is -0.353 e. The van der Waals surface area contributed by atoms with E-state index in [4.69, 9.17) is 0 Å². The number of rotatable bonds is 3. The highest BCUT2D eigenvalue weighted by atomic mass is 16.2. The van der Waals surface area contributed by atoms with Crippen LogP contribution in [-0.4, -0.2) is 55.0 Å². The summed E-state index contributed by atoms with van der Waals surface area (Å²) in [6, 6.07) is 10.9. The van der Waals surface area contributed by atoms with Crippen molar-refractivity contribution >= 4 is 5.91 Å². The van der Waals surface area contributed by atoms with E-state index in [0.717, 1.165) is 38.8 Å². The number of hydrogen-bond donors (Lipinski definition) is 1. The molecular formula is C19H29N3O. The van der Waals surface area contributed by atoms with Gasteiger partial charge in [0, 0.05) is 17.6 Å². The fraction of sp³-hybridized carbons (Fsp3) is 0.632. The number of nitrogens with zero attached hydrogens (tertiary/aromatic N) is 2. The number of benzene rings is 1. The van der Waals surface area contributed by atoms with E-state index in [-0.39, 0.29) is 17.0 Å². The first-order valence-corrected chi connectivity index (χ1v) is 8.77. The molecule has 4 nitrogen and oxygen atoms in total. The number of nitrogens with one attached hydrogen (secondary N) is 1. The Morgan fingerprint density at radius 2 is 1.78 bits per heavy atom. The Balaban J connectivity index is 1.84. The van der Waals surface area contributed by atoms with Crippen LogP contribution in [0.3, 0.4) is 0 Å². The van der Waals surface area contributed by atoms with Crippen molar-refractivity contribution in [3.8, 4) is 0 Å². The van der Waals surface area contributed by atoms with E-state index in [2.05, 4.69) is 66.5 Å². The Bertz CT molecular complexity index is 547. The Kier molecular flexibility index (Phi) is 4.47. The first-order chi connectivity index (χ1) is 11.0. The zero-order valence-corrected chi connectivity index (χ0v) is 14.6. The molecule has 4 heteroatoms. The molecule has 2 aliphatic rings. The summed E-state index contributed by atoms with van der Waals surface area (Å²) in [6.07, 6.45) is 4.54. The van der Waals surface area contributed by atoms with Gasteiger partial charge in [-0.25, -0.2) is 0 Å². The Morgan fingerprint density at radius 3 is 2.35 bits per heavy atom. The molecule has 1 saturated carbocycles. The third-order valence-electron chi connectivity index (χ3n) is 6.18. The third kappa shape index (κ3) is 2.79. The molecule has 126 valence electrons. The van der Waals surface area contributed by atoms with Crippen LogP contribution in [0.15, 0.2) is 30.3 Å². The molecule has 1 aromatic carbocycles. The van der Waals surface area contributed by atoms with Gasteiger partial charge in [-0.1, -0.05) is 37.3 Å². The Hall–Kier alpha value is -1.39. The number of carbonyl (C=O) groups is 1. The molecule has 0 atom stereocenters. The van der Waals surface area contributed by atoms with E-state index in [9.17, 15) is 4.79 Å². The fourth-order valence-corrected chi connectivity index (χ4v) is 4.58. The molecule has 1 saturated heterocycles. The van der Waals surface area contributed by atoms with Crippen LogP contribution in [0, 0.1) is 0 Å². The lowest BCUT2D eigenvalue weighted by molar-refractivity contribution is -0.130. The molecule has 0 aromatic heterocycles. The van der Waals surface area contributed by atoms with E-state index in [1.807, 2.05) is 0 Å². The van der Waals surface area contributed by atoms with Gasteiger partial charge in [-0.05, 0) is 51.9 Å². The van der Waals surface area contributed by atoms with Crippen LogP contribution in [0.2, 0.25) is 0 Å². The summed E-state index contributed by atoms with van der Waals surface area (Å²) in [5, 5.41) is 3.11. The maximum Gasteiger partial charge on any atom is 0.234 e. The second-order valence-electron chi connectivity index (χ2n) is 7.31. The number of hydrogen-bond acceptors (Lipinski definition) is 3. The smallest absolute Gasteiger partial charge is 0.234 e. The molecule has 1 heterocycles. The summed E-state index contributed by atoms with van der Waals surface area (Å²) < 4.78 is 0. The quantitative estimate of drug-likeness (QED) is 0.929. The number of carbonyl (C=O) groups excluding carboxylic acids is 1. The van der Waals surface area contributed by atoms with E-state index < -0.39 is 0 Å². The molecule has 23 heavy (non-hydrogen) atoms. The fourth-order valence-electron chi connectivity index (χ4n) is 4.58. The molecule has 1 amide bonds. The van der Waals surface area contributed by atoms with E-state index in [0.29, 0.717) is 6.54 Å². The lowest BCUT2D eigenvalue weighted by Crippen LogP contribution is -2.65. The van der Waals surface area contributed by atoms with E-state index in [1.165, 1.54) is 5.56 Å². The monoisotopic (exact) mass is 315 g/mol. The minimum absolute atomic E-state index is 0.118. The van der Waals surface area contributed by atoms with Gasteiger partial charge in [-0.3, -0.25) is 14.6 Å². The summed E-state index contributed by atoms with van der Waals surface area (Å²) >= 11 is 0. The highest BCUT2D eigenvalue weighted by Crippen LogP contribution is 2.46. The second-order valence-corrected chi connectivity index (χ2v) is 7.31. The summed E-state index contributed by atoms with van der Waals surface area (Å²) in [5.41, 5.74) is 1.69. The van der Waals surface area contributed by atoms with E-state index in [1.54, 1.807) is 0 Å². The normalized spacial score (nSPS) is 32.3. The van der Waals surface area contributed by atoms with Crippen LogP contribution >= 0.6 is 0 Å². The average molecular weight is 315 g/mol. The number of likely N-dealkylation sites (N-methyl/N-ethyl adjacent to an activating group) is 1. The first kappa shape index (κ1) is 16.5. The molecule has 0 radical (unpaired) electrons. The van der Waals surface area contributed by atoms with Crippen LogP contribution in [0.4, 0.5) is 0 Å². The molecule has 1 N–H and O–H groups in total. The maximum absolute atomic E-state index is 11.8. The highest BCUT2D eigenvalue weighted by Gasteiger charge is 2.49. The topological polar surface area (TPSA) is 35.6 Å². The van der Waals surface area contributed by atoms with E-state index >= 15 is 0 Å². The summed E-state index contributed by atoms with van der Waals surface area (Å²) in [6.45, 7) is 4.48. The van der Waals surface area contributed by atoms with Crippen LogP contribution in [0.5, 0.6) is 0 Å². The van der Waals surface area contributed by atoms with Gasteiger partial charge in [0.05, 0.1) is 6.54 Å². The predicted octanol–water partition coefficient (Wildman–Crippen LogP) is 2.21. The van der Waals surface area contributed by atoms with Crippen molar-refractivity contribution < 1.29 is 4.79 Å². The lowest BCUT2D eigenvalue weighted by Gasteiger charge is -2.55. The Morgan fingerprint density at radius 1 is 1.13 bits per heavy atom. The maximum atomic E-state index is 11.8. The number of piperazine rings is 1. The van der Waals surface area contributed by atoms with Crippen molar-refractivity contribution in [1.29, 1.82) is 0 Å². The van der Waals surface area contributed by atoms with Crippen LogP contribution in [-0.2, 0) is 10.3 Å². The van der Waals surface area contributed by atoms with Crippen molar-refractivity contribution in [3.63, 3.8) is 0 Å².